The van der Waals surface area contributed by atoms with Gasteiger partial charge in [-0.3, -0.25) is 0 Å². The first-order valence-corrected chi connectivity index (χ1v) is 7.40. The monoisotopic (exact) mass is 267 g/mol. The highest BCUT2D eigenvalue weighted by molar-refractivity contribution is 5.00. The molecular formula is C14H25N3O2. The van der Waals surface area contributed by atoms with Crippen LogP contribution < -0.4 is 5.73 Å². The Kier molecular flexibility index (Phi) is 4.93. The molecule has 2 N–H and O–H groups in total. The molecule has 0 saturated heterocycles. The van der Waals surface area contributed by atoms with E-state index in [1.165, 1.54) is 12.8 Å². The maximum Gasteiger partial charge on any atom is 0.228 e. The van der Waals surface area contributed by atoms with E-state index in [2.05, 4.69) is 17.1 Å². The van der Waals surface area contributed by atoms with E-state index in [0.717, 1.165) is 25.7 Å². The van der Waals surface area contributed by atoms with Crippen molar-refractivity contribution < 1.29 is 9.26 Å². The molecule has 1 aromatic rings. The van der Waals surface area contributed by atoms with Gasteiger partial charge in [0.2, 0.25) is 11.7 Å². The molecule has 5 heteroatoms. The summed E-state index contributed by atoms with van der Waals surface area (Å²) in [6, 6.07) is 0. The lowest BCUT2D eigenvalue weighted by molar-refractivity contribution is 0.0477. The molecule has 1 saturated carbocycles. The Bertz CT molecular complexity index is 380. The number of ether oxygens (including phenoxy) is 1. The molecule has 5 nitrogen and oxygen atoms in total. The molecule has 0 bridgehead atoms. The van der Waals surface area contributed by atoms with Gasteiger partial charge in [0.1, 0.15) is 6.10 Å². The van der Waals surface area contributed by atoms with Crippen LogP contribution in [-0.4, -0.2) is 22.3 Å². The largest absolute Gasteiger partial charge is 0.370 e. The molecule has 108 valence electrons. The van der Waals surface area contributed by atoms with Crippen LogP contribution in [0.5, 0.6) is 0 Å². The summed E-state index contributed by atoms with van der Waals surface area (Å²) < 4.78 is 11.0. The fourth-order valence-electron chi connectivity index (χ4n) is 2.78. The molecule has 1 atom stereocenters. The summed E-state index contributed by atoms with van der Waals surface area (Å²) in [7, 11) is 0. The molecule has 0 aliphatic heterocycles. The van der Waals surface area contributed by atoms with Gasteiger partial charge in [0.25, 0.3) is 0 Å². The van der Waals surface area contributed by atoms with Crippen LogP contribution >= 0.6 is 0 Å². The average Bonchev–Trinajstić information content (AvgIpc) is 2.99. The maximum atomic E-state index is 6.33. The van der Waals surface area contributed by atoms with Gasteiger partial charge in [0, 0.05) is 18.6 Å². The van der Waals surface area contributed by atoms with Gasteiger partial charge in [-0.1, -0.05) is 31.3 Å². The minimum Gasteiger partial charge on any atom is -0.370 e. The molecule has 1 unspecified atom stereocenters. The van der Waals surface area contributed by atoms with Crippen LogP contribution in [0.1, 0.15) is 70.2 Å². The van der Waals surface area contributed by atoms with Crippen LogP contribution in [0.15, 0.2) is 4.52 Å². The maximum absolute atomic E-state index is 6.33. The van der Waals surface area contributed by atoms with Crippen molar-refractivity contribution in [3.8, 4) is 0 Å². The lowest BCUT2D eigenvalue weighted by Gasteiger charge is -2.20. The van der Waals surface area contributed by atoms with Gasteiger partial charge in [0.05, 0.1) is 0 Å². The van der Waals surface area contributed by atoms with Gasteiger partial charge in [-0.15, -0.1) is 0 Å². The number of aromatic nitrogens is 2. The van der Waals surface area contributed by atoms with Crippen LogP contribution in [0, 0.1) is 0 Å². The Morgan fingerprint density at radius 3 is 2.74 bits per heavy atom. The highest BCUT2D eigenvalue weighted by atomic mass is 16.5. The molecule has 0 amide bonds. The normalized spacial score (nSPS) is 19.7. The van der Waals surface area contributed by atoms with Crippen molar-refractivity contribution in [3.63, 3.8) is 0 Å². The van der Waals surface area contributed by atoms with E-state index in [9.17, 15) is 0 Å². The van der Waals surface area contributed by atoms with Crippen molar-refractivity contribution in [3.05, 3.63) is 11.7 Å². The highest BCUT2D eigenvalue weighted by Gasteiger charge is 2.32. The van der Waals surface area contributed by atoms with Crippen molar-refractivity contribution in [1.29, 1.82) is 0 Å². The van der Waals surface area contributed by atoms with Crippen molar-refractivity contribution in [2.45, 2.75) is 70.4 Å². The summed E-state index contributed by atoms with van der Waals surface area (Å²) in [6.45, 7) is 4.77. The summed E-state index contributed by atoms with van der Waals surface area (Å²) in [5.74, 6) is 1.32. The molecule has 1 aliphatic rings. The van der Waals surface area contributed by atoms with Gasteiger partial charge in [-0.05, 0) is 26.2 Å². The van der Waals surface area contributed by atoms with Crippen LogP contribution in [-0.2, 0) is 11.2 Å². The first-order chi connectivity index (χ1) is 9.17. The zero-order valence-corrected chi connectivity index (χ0v) is 12.0. The first kappa shape index (κ1) is 14.5. The van der Waals surface area contributed by atoms with Crippen molar-refractivity contribution >= 4 is 0 Å². The Hall–Kier alpha value is -0.940. The topological polar surface area (TPSA) is 74.2 Å². The van der Waals surface area contributed by atoms with Gasteiger partial charge >= 0.3 is 0 Å². The van der Waals surface area contributed by atoms with E-state index < -0.39 is 0 Å². The number of rotatable bonds is 7. The molecule has 0 radical (unpaired) electrons. The number of nitrogens with zero attached hydrogens (tertiary/aromatic N) is 2. The SMILES string of the molecule is CCCC(OCC)c1noc(CC2(N)CCCC2)n1. The second-order valence-corrected chi connectivity index (χ2v) is 5.53. The third kappa shape index (κ3) is 3.76. The molecule has 0 aromatic carbocycles. The summed E-state index contributed by atoms with van der Waals surface area (Å²) in [6.07, 6.45) is 7.10. The predicted octanol–water partition coefficient (Wildman–Crippen LogP) is 2.76. The molecule has 1 aliphatic carbocycles. The van der Waals surface area contributed by atoms with E-state index in [4.69, 9.17) is 15.0 Å². The Morgan fingerprint density at radius 1 is 1.37 bits per heavy atom. The lowest BCUT2D eigenvalue weighted by atomic mass is 9.95. The highest BCUT2D eigenvalue weighted by Crippen LogP contribution is 2.30. The molecule has 1 heterocycles. The lowest BCUT2D eigenvalue weighted by Crippen LogP contribution is -2.38. The fourth-order valence-corrected chi connectivity index (χ4v) is 2.78. The molecule has 1 fully saturated rings. The van der Waals surface area contributed by atoms with E-state index in [1.807, 2.05) is 6.92 Å². The van der Waals surface area contributed by atoms with E-state index in [0.29, 0.717) is 24.7 Å². The third-order valence-corrected chi connectivity index (χ3v) is 3.79. The number of nitrogens with two attached hydrogens (primary N) is 1. The Morgan fingerprint density at radius 2 is 2.11 bits per heavy atom. The van der Waals surface area contributed by atoms with Gasteiger partial charge in [-0.2, -0.15) is 4.98 Å². The molecule has 2 rings (SSSR count). The second kappa shape index (κ2) is 6.48. The minimum atomic E-state index is -0.143. The van der Waals surface area contributed by atoms with Crippen molar-refractivity contribution in [2.24, 2.45) is 5.73 Å². The quantitative estimate of drug-likeness (QED) is 0.822. The van der Waals surface area contributed by atoms with Crippen molar-refractivity contribution in [2.75, 3.05) is 6.61 Å². The van der Waals surface area contributed by atoms with Gasteiger partial charge in [0.15, 0.2) is 0 Å². The van der Waals surface area contributed by atoms with Crippen molar-refractivity contribution in [1.82, 2.24) is 10.1 Å². The van der Waals surface area contributed by atoms with E-state index >= 15 is 0 Å². The average molecular weight is 267 g/mol. The number of hydrogen-bond acceptors (Lipinski definition) is 5. The Balaban J connectivity index is 2.00. The second-order valence-electron chi connectivity index (χ2n) is 5.53. The third-order valence-electron chi connectivity index (χ3n) is 3.79. The zero-order chi connectivity index (χ0) is 13.7. The zero-order valence-electron chi connectivity index (χ0n) is 12.0. The summed E-state index contributed by atoms with van der Waals surface area (Å²) in [5.41, 5.74) is 6.19. The first-order valence-electron chi connectivity index (χ1n) is 7.40. The smallest absolute Gasteiger partial charge is 0.228 e. The van der Waals surface area contributed by atoms with Crippen LogP contribution in [0.2, 0.25) is 0 Å². The van der Waals surface area contributed by atoms with Crippen LogP contribution in [0.25, 0.3) is 0 Å². The van der Waals surface area contributed by atoms with Gasteiger partial charge in [-0.25, -0.2) is 0 Å². The predicted molar refractivity (Wildman–Crippen MR) is 72.7 cm³/mol. The van der Waals surface area contributed by atoms with E-state index in [1.54, 1.807) is 0 Å². The van der Waals surface area contributed by atoms with Crippen LogP contribution in [0.4, 0.5) is 0 Å². The van der Waals surface area contributed by atoms with Gasteiger partial charge < -0.3 is 15.0 Å². The number of hydrogen-bond donors (Lipinski definition) is 1. The molecule has 1 aromatic heterocycles. The van der Waals surface area contributed by atoms with E-state index in [-0.39, 0.29) is 11.6 Å². The summed E-state index contributed by atoms with van der Waals surface area (Å²) in [5, 5.41) is 4.06. The summed E-state index contributed by atoms with van der Waals surface area (Å²) >= 11 is 0. The fraction of sp³-hybridized carbons (Fsp3) is 0.857. The molecule has 19 heavy (non-hydrogen) atoms. The molecule has 0 spiro atoms. The Labute approximate surface area is 114 Å². The van der Waals surface area contributed by atoms with Crippen LogP contribution in [0.3, 0.4) is 0 Å². The molecular weight excluding hydrogens is 242 g/mol. The minimum absolute atomic E-state index is 0.0511. The standard InChI is InChI=1S/C14H25N3O2/c1-3-7-11(18-4-2)13-16-12(19-17-13)10-14(15)8-5-6-9-14/h11H,3-10,15H2,1-2H3. The summed E-state index contributed by atoms with van der Waals surface area (Å²) in [4.78, 5) is 4.47.